The molecule has 1 heterocycles. The molecule has 5 nitrogen and oxygen atoms in total. The van der Waals surface area contributed by atoms with E-state index in [0.717, 1.165) is 22.6 Å². The molecule has 6 heteroatoms. The molecule has 0 aliphatic heterocycles. The summed E-state index contributed by atoms with van der Waals surface area (Å²) in [6.45, 7) is 8.59. The van der Waals surface area contributed by atoms with Crippen molar-refractivity contribution in [3.8, 4) is 11.4 Å². The maximum Gasteiger partial charge on any atom is 0.234 e. The molecule has 0 atom stereocenters. The van der Waals surface area contributed by atoms with Gasteiger partial charge in [0.05, 0.1) is 5.75 Å². The second-order valence-corrected chi connectivity index (χ2v) is 8.84. The van der Waals surface area contributed by atoms with E-state index in [0.29, 0.717) is 5.16 Å². The Balaban J connectivity index is 1.65. The Morgan fingerprint density at radius 2 is 1.82 bits per heavy atom. The molecule has 0 fully saturated rings. The third kappa shape index (κ3) is 4.81. The number of hydrogen-bond acceptors (Lipinski definition) is 4. The molecule has 0 bridgehead atoms. The van der Waals surface area contributed by atoms with Crippen molar-refractivity contribution in [2.24, 2.45) is 7.05 Å². The number of nitrogens with one attached hydrogen (secondary N) is 1. The average molecular weight is 395 g/mol. The van der Waals surface area contributed by atoms with Gasteiger partial charge < -0.3 is 9.88 Å². The Hall–Kier alpha value is -2.60. The minimum Gasteiger partial charge on any atom is -0.325 e. The Morgan fingerprint density at radius 1 is 1.11 bits per heavy atom. The molecule has 1 N–H and O–H groups in total. The second kappa shape index (κ2) is 8.19. The van der Waals surface area contributed by atoms with Crippen LogP contribution in [0.15, 0.2) is 53.7 Å². The molecule has 2 aromatic carbocycles. The molecule has 28 heavy (non-hydrogen) atoms. The number of nitrogens with zero attached hydrogens (tertiary/aromatic N) is 3. The maximum absolute atomic E-state index is 12.2. The van der Waals surface area contributed by atoms with Crippen LogP contribution < -0.4 is 5.32 Å². The smallest absolute Gasteiger partial charge is 0.234 e. The second-order valence-electron chi connectivity index (χ2n) is 7.90. The summed E-state index contributed by atoms with van der Waals surface area (Å²) in [4.78, 5) is 12.2. The van der Waals surface area contributed by atoms with Crippen LogP contribution in [-0.4, -0.2) is 26.4 Å². The van der Waals surface area contributed by atoms with E-state index in [1.165, 1.54) is 17.3 Å². The highest BCUT2D eigenvalue weighted by Crippen LogP contribution is 2.27. The maximum atomic E-state index is 12.2. The lowest BCUT2D eigenvalue weighted by Crippen LogP contribution is -2.14. The zero-order valence-electron chi connectivity index (χ0n) is 17.0. The summed E-state index contributed by atoms with van der Waals surface area (Å²) in [5.41, 5.74) is 4.33. The molecule has 0 spiro atoms. The number of hydrogen-bond donors (Lipinski definition) is 1. The largest absolute Gasteiger partial charge is 0.325 e. The van der Waals surface area contributed by atoms with Crippen LogP contribution in [0.1, 0.15) is 31.9 Å². The number of aromatic nitrogens is 3. The first-order valence-corrected chi connectivity index (χ1v) is 10.2. The van der Waals surface area contributed by atoms with E-state index < -0.39 is 0 Å². The van der Waals surface area contributed by atoms with Gasteiger partial charge in [-0.1, -0.05) is 68.9 Å². The minimum absolute atomic E-state index is 0.0605. The Bertz CT molecular complexity index is 971. The summed E-state index contributed by atoms with van der Waals surface area (Å²) in [6, 6.07) is 16.2. The molecule has 3 rings (SSSR count). The fourth-order valence-corrected chi connectivity index (χ4v) is 3.57. The van der Waals surface area contributed by atoms with Gasteiger partial charge in [-0.3, -0.25) is 4.79 Å². The molecule has 1 amide bonds. The van der Waals surface area contributed by atoms with Gasteiger partial charge in [-0.05, 0) is 35.6 Å². The Kier molecular flexibility index (Phi) is 5.89. The summed E-state index contributed by atoms with van der Waals surface area (Å²) in [6.07, 6.45) is 0. The molecule has 3 aromatic rings. The normalized spacial score (nSPS) is 11.5. The summed E-state index contributed by atoms with van der Waals surface area (Å²) >= 11 is 1.38. The van der Waals surface area contributed by atoms with Crippen molar-refractivity contribution < 1.29 is 4.79 Å². The Morgan fingerprint density at radius 3 is 2.46 bits per heavy atom. The monoisotopic (exact) mass is 394 g/mol. The minimum atomic E-state index is -0.0605. The van der Waals surface area contributed by atoms with E-state index in [-0.39, 0.29) is 17.1 Å². The van der Waals surface area contributed by atoms with Crippen molar-refractivity contribution in [2.45, 2.75) is 38.3 Å². The highest BCUT2D eigenvalue weighted by molar-refractivity contribution is 7.99. The van der Waals surface area contributed by atoms with Gasteiger partial charge in [-0.25, -0.2) is 0 Å². The van der Waals surface area contributed by atoms with Crippen LogP contribution in [0.2, 0.25) is 0 Å². The van der Waals surface area contributed by atoms with Crippen LogP contribution in [0.3, 0.4) is 0 Å². The average Bonchev–Trinajstić information content (AvgIpc) is 3.00. The summed E-state index contributed by atoms with van der Waals surface area (Å²) in [5, 5.41) is 12.2. The highest BCUT2D eigenvalue weighted by atomic mass is 32.2. The van der Waals surface area contributed by atoms with E-state index in [1.54, 1.807) is 0 Å². The van der Waals surface area contributed by atoms with E-state index >= 15 is 0 Å². The Labute approximate surface area is 170 Å². The molecule has 146 valence electrons. The van der Waals surface area contributed by atoms with Crippen LogP contribution in [0, 0.1) is 6.92 Å². The number of benzene rings is 2. The number of thioether (sulfide) groups is 1. The number of anilines is 1. The quantitative estimate of drug-likeness (QED) is 0.630. The van der Waals surface area contributed by atoms with E-state index in [1.807, 2.05) is 42.8 Å². The standard InChI is InChI=1S/C22H26N4OS/c1-15-7-6-8-18(13-15)23-19(27)14-28-21-25-24-20(26(21)5)16-9-11-17(12-10-16)22(2,3)4/h6-13H,14H2,1-5H3,(H,23,27). The van der Waals surface area contributed by atoms with E-state index in [4.69, 9.17) is 0 Å². The number of amides is 1. The topological polar surface area (TPSA) is 59.8 Å². The van der Waals surface area contributed by atoms with Gasteiger partial charge in [0, 0.05) is 18.3 Å². The van der Waals surface area contributed by atoms with Crippen LogP contribution in [-0.2, 0) is 17.3 Å². The first-order chi connectivity index (χ1) is 13.2. The van der Waals surface area contributed by atoms with Crippen molar-refractivity contribution in [1.29, 1.82) is 0 Å². The van der Waals surface area contributed by atoms with Gasteiger partial charge in [0.1, 0.15) is 0 Å². The lowest BCUT2D eigenvalue weighted by atomic mass is 9.87. The summed E-state index contributed by atoms with van der Waals surface area (Å²) in [7, 11) is 1.92. The van der Waals surface area contributed by atoms with Crippen LogP contribution in [0.5, 0.6) is 0 Å². The number of carbonyl (C=O) groups excluding carboxylic acids is 1. The number of carbonyl (C=O) groups is 1. The molecular formula is C22H26N4OS. The summed E-state index contributed by atoms with van der Waals surface area (Å²) < 4.78 is 1.93. The van der Waals surface area contributed by atoms with Gasteiger partial charge in [0.25, 0.3) is 0 Å². The fraction of sp³-hybridized carbons (Fsp3) is 0.318. The predicted molar refractivity (Wildman–Crippen MR) is 116 cm³/mol. The third-order valence-electron chi connectivity index (χ3n) is 4.48. The first kappa shape index (κ1) is 20.1. The zero-order valence-corrected chi connectivity index (χ0v) is 17.8. The summed E-state index contributed by atoms with van der Waals surface area (Å²) in [5.74, 6) is 1.01. The molecule has 0 radical (unpaired) electrons. The fourth-order valence-electron chi connectivity index (χ4n) is 2.86. The number of aryl methyl sites for hydroxylation is 1. The van der Waals surface area contributed by atoms with Gasteiger partial charge in [0.2, 0.25) is 5.91 Å². The lowest BCUT2D eigenvalue weighted by molar-refractivity contribution is -0.113. The van der Waals surface area contributed by atoms with Crippen molar-refractivity contribution in [3.63, 3.8) is 0 Å². The molecule has 0 saturated carbocycles. The number of rotatable bonds is 5. The molecule has 1 aromatic heterocycles. The molecule has 0 saturated heterocycles. The van der Waals surface area contributed by atoms with E-state index in [2.05, 4.69) is 60.6 Å². The van der Waals surface area contributed by atoms with Crippen molar-refractivity contribution >= 4 is 23.4 Å². The van der Waals surface area contributed by atoms with Crippen LogP contribution in [0.25, 0.3) is 11.4 Å². The highest BCUT2D eigenvalue weighted by Gasteiger charge is 2.16. The molecule has 0 unspecified atom stereocenters. The van der Waals surface area contributed by atoms with Gasteiger partial charge in [-0.15, -0.1) is 10.2 Å². The SMILES string of the molecule is Cc1cccc(NC(=O)CSc2nnc(-c3ccc(C(C)(C)C)cc3)n2C)c1. The van der Waals surface area contributed by atoms with Gasteiger partial charge >= 0.3 is 0 Å². The van der Waals surface area contributed by atoms with Gasteiger partial charge in [-0.2, -0.15) is 0 Å². The lowest BCUT2D eigenvalue weighted by Gasteiger charge is -2.19. The first-order valence-electron chi connectivity index (χ1n) is 9.23. The van der Waals surface area contributed by atoms with Crippen molar-refractivity contribution in [3.05, 3.63) is 59.7 Å². The molecule has 0 aliphatic carbocycles. The van der Waals surface area contributed by atoms with E-state index in [9.17, 15) is 4.79 Å². The molecular weight excluding hydrogens is 368 g/mol. The predicted octanol–water partition coefficient (Wildman–Crippen LogP) is 4.82. The van der Waals surface area contributed by atoms with Crippen molar-refractivity contribution in [1.82, 2.24) is 14.8 Å². The van der Waals surface area contributed by atoms with Crippen molar-refractivity contribution in [2.75, 3.05) is 11.1 Å². The van der Waals surface area contributed by atoms with Crippen LogP contribution >= 0.6 is 11.8 Å². The zero-order chi connectivity index (χ0) is 20.3. The third-order valence-corrected chi connectivity index (χ3v) is 5.50. The van der Waals surface area contributed by atoms with Gasteiger partial charge in [0.15, 0.2) is 11.0 Å². The van der Waals surface area contributed by atoms with Crippen LogP contribution in [0.4, 0.5) is 5.69 Å². The molecule has 0 aliphatic rings.